The Balaban J connectivity index is 1.52. The summed E-state index contributed by atoms with van der Waals surface area (Å²) in [6.07, 6.45) is 5.14. The molecule has 3 aromatic rings. The maximum Gasteiger partial charge on any atom is 0.186 e. The molecule has 155 valence electrons. The van der Waals surface area contributed by atoms with E-state index in [0.29, 0.717) is 11.3 Å². The van der Waals surface area contributed by atoms with Crippen LogP contribution in [0.15, 0.2) is 36.4 Å². The number of benzene rings is 2. The Labute approximate surface area is 176 Å². The first-order chi connectivity index (χ1) is 14.4. The van der Waals surface area contributed by atoms with E-state index >= 15 is 0 Å². The van der Waals surface area contributed by atoms with Gasteiger partial charge >= 0.3 is 0 Å². The highest BCUT2D eigenvalue weighted by molar-refractivity contribution is 8.09. The Morgan fingerprint density at radius 1 is 1.23 bits per heavy atom. The number of rotatable bonds is 3. The molecule has 5 rings (SSSR count). The molecule has 0 saturated carbocycles. The van der Waals surface area contributed by atoms with Crippen LogP contribution in [0.3, 0.4) is 0 Å². The van der Waals surface area contributed by atoms with E-state index in [9.17, 15) is 13.2 Å². The minimum Gasteiger partial charge on any atom is -0.340 e. The van der Waals surface area contributed by atoms with Gasteiger partial charge in [-0.25, -0.2) is 23.2 Å². The molecule has 3 heterocycles. The van der Waals surface area contributed by atoms with Crippen LogP contribution in [0.2, 0.25) is 0 Å². The van der Waals surface area contributed by atoms with Crippen LogP contribution in [-0.2, 0) is 5.54 Å². The third-order valence-electron chi connectivity index (χ3n) is 5.85. The molecule has 1 unspecified atom stereocenters. The molecule has 30 heavy (non-hydrogen) atoms. The van der Waals surface area contributed by atoms with Crippen molar-refractivity contribution in [3.63, 3.8) is 0 Å². The van der Waals surface area contributed by atoms with Gasteiger partial charge in [-0.05, 0) is 56.5 Å². The minimum absolute atomic E-state index is 0.0156. The predicted octanol–water partition coefficient (Wildman–Crippen LogP) is 5.40. The number of aromatic amines is 1. The summed E-state index contributed by atoms with van der Waals surface area (Å²) in [7, 11) is 0. The summed E-state index contributed by atoms with van der Waals surface area (Å²) in [5.41, 5.74) is 0.750. The molecular weight excluding hydrogens is 409 g/mol. The SMILES string of the molecule is CC1SC(c2cccc(F)c2)=[C]N1N1CCC[C@@]1(C)c1nc2c(F)c(F)ccc2[nH]1. The number of aromatic nitrogens is 2. The molecule has 1 radical (unpaired) electrons. The van der Waals surface area contributed by atoms with Crippen molar-refractivity contribution >= 4 is 27.7 Å². The average molecular weight is 429 g/mol. The van der Waals surface area contributed by atoms with E-state index in [0.717, 1.165) is 35.9 Å². The molecule has 2 aliphatic heterocycles. The zero-order valence-corrected chi connectivity index (χ0v) is 17.4. The smallest absolute Gasteiger partial charge is 0.186 e. The maximum absolute atomic E-state index is 14.2. The summed E-state index contributed by atoms with van der Waals surface area (Å²) < 4.78 is 41.5. The van der Waals surface area contributed by atoms with Crippen LogP contribution in [0.1, 0.15) is 38.1 Å². The van der Waals surface area contributed by atoms with E-state index in [1.165, 1.54) is 18.2 Å². The van der Waals surface area contributed by atoms with Crippen LogP contribution in [0.25, 0.3) is 15.9 Å². The quantitative estimate of drug-likeness (QED) is 0.605. The summed E-state index contributed by atoms with van der Waals surface area (Å²) in [4.78, 5) is 8.49. The van der Waals surface area contributed by atoms with Gasteiger partial charge in [0.1, 0.15) is 17.2 Å². The molecule has 0 aliphatic carbocycles. The molecule has 2 aliphatic rings. The molecule has 1 N–H and O–H groups in total. The van der Waals surface area contributed by atoms with Crippen LogP contribution < -0.4 is 0 Å². The normalized spacial score (nSPS) is 24.8. The monoisotopic (exact) mass is 429 g/mol. The average Bonchev–Trinajstić information content (AvgIpc) is 3.42. The van der Waals surface area contributed by atoms with Gasteiger partial charge in [0.25, 0.3) is 0 Å². The van der Waals surface area contributed by atoms with E-state index in [4.69, 9.17) is 0 Å². The van der Waals surface area contributed by atoms with Crippen LogP contribution in [-0.4, -0.2) is 31.9 Å². The third-order valence-corrected chi connectivity index (χ3v) is 6.96. The Morgan fingerprint density at radius 2 is 2.07 bits per heavy atom. The van der Waals surface area contributed by atoms with Crippen molar-refractivity contribution in [3.8, 4) is 0 Å². The van der Waals surface area contributed by atoms with Crippen molar-refractivity contribution in [2.45, 2.75) is 37.6 Å². The topological polar surface area (TPSA) is 35.2 Å². The van der Waals surface area contributed by atoms with Gasteiger partial charge in [-0.2, -0.15) is 0 Å². The van der Waals surface area contributed by atoms with Gasteiger partial charge in [-0.3, -0.25) is 5.01 Å². The lowest BCUT2D eigenvalue weighted by Gasteiger charge is -2.41. The highest BCUT2D eigenvalue weighted by atomic mass is 32.2. The molecule has 2 atom stereocenters. The van der Waals surface area contributed by atoms with Gasteiger partial charge in [-0.15, -0.1) is 0 Å². The molecule has 2 aromatic carbocycles. The van der Waals surface area contributed by atoms with Gasteiger partial charge < -0.3 is 4.98 Å². The first-order valence-electron chi connectivity index (χ1n) is 9.84. The highest BCUT2D eigenvalue weighted by Gasteiger charge is 2.46. The Morgan fingerprint density at radius 3 is 2.87 bits per heavy atom. The molecule has 0 spiro atoms. The van der Waals surface area contributed by atoms with Crippen molar-refractivity contribution in [2.24, 2.45) is 0 Å². The number of nitrogens with zero attached hydrogens (tertiary/aromatic N) is 3. The number of hydrogen-bond donors (Lipinski definition) is 1. The molecular formula is C22H20F3N4S. The first kappa shape index (κ1) is 19.5. The Kier molecular flexibility index (Phi) is 4.59. The van der Waals surface area contributed by atoms with Crippen molar-refractivity contribution in [3.05, 3.63) is 71.4 Å². The molecule has 1 fully saturated rings. The second kappa shape index (κ2) is 7.06. The van der Waals surface area contributed by atoms with E-state index in [-0.39, 0.29) is 16.7 Å². The van der Waals surface area contributed by atoms with Crippen LogP contribution in [0.5, 0.6) is 0 Å². The van der Waals surface area contributed by atoms with Crippen LogP contribution >= 0.6 is 11.8 Å². The van der Waals surface area contributed by atoms with Crippen molar-refractivity contribution in [1.29, 1.82) is 0 Å². The number of H-pyrrole nitrogens is 1. The second-order valence-electron chi connectivity index (χ2n) is 7.86. The molecule has 4 nitrogen and oxygen atoms in total. The van der Waals surface area contributed by atoms with Gasteiger partial charge in [0, 0.05) is 11.4 Å². The van der Waals surface area contributed by atoms with Crippen molar-refractivity contribution in [1.82, 2.24) is 20.0 Å². The number of imidazole rings is 1. The van der Waals surface area contributed by atoms with Gasteiger partial charge in [-0.1, -0.05) is 23.9 Å². The molecule has 0 bridgehead atoms. The van der Waals surface area contributed by atoms with E-state index in [1.807, 2.05) is 18.0 Å². The lowest BCUT2D eigenvalue weighted by molar-refractivity contribution is -0.0558. The summed E-state index contributed by atoms with van der Waals surface area (Å²) in [6, 6.07) is 9.10. The van der Waals surface area contributed by atoms with Gasteiger partial charge in [0.05, 0.1) is 22.6 Å². The van der Waals surface area contributed by atoms with E-state index < -0.39 is 17.2 Å². The molecule has 1 aromatic heterocycles. The lowest BCUT2D eigenvalue weighted by Crippen LogP contribution is -2.50. The predicted molar refractivity (Wildman–Crippen MR) is 111 cm³/mol. The summed E-state index contributed by atoms with van der Waals surface area (Å²) >= 11 is 1.61. The zero-order chi connectivity index (χ0) is 21.0. The summed E-state index contributed by atoms with van der Waals surface area (Å²) in [5.74, 6) is -1.53. The van der Waals surface area contributed by atoms with E-state index in [1.54, 1.807) is 17.8 Å². The van der Waals surface area contributed by atoms with E-state index in [2.05, 4.69) is 28.1 Å². The van der Waals surface area contributed by atoms with Crippen LogP contribution in [0.4, 0.5) is 13.2 Å². The number of hydrogen-bond acceptors (Lipinski definition) is 4. The highest BCUT2D eigenvalue weighted by Crippen LogP contribution is 2.46. The number of nitrogens with one attached hydrogen (secondary N) is 1. The Hall–Kier alpha value is -2.45. The van der Waals surface area contributed by atoms with Crippen molar-refractivity contribution in [2.75, 3.05) is 6.54 Å². The number of thioether (sulfide) groups is 1. The molecule has 8 heteroatoms. The first-order valence-corrected chi connectivity index (χ1v) is 10.7. The van der Waals surface area contributed by atoms with Gasteiger partial charge in [0.15, 0.2) is 11.6 Å². The van der Waals surface area contributed by atoms with Gasteiger partial charge in [0.2, 0.25) is 0 Å². The largest absolute Gasteiger partial charge is 0.340 e. The number of hydrazine groups is 1. The number of halogens is 3. The summed E-state index contributed by atoms with van der Waals surface area (Å²) in [5, 5.41) is 4.25. The Bertz CT molecular complexity index is 1160. The maximum atomic E-state index is 14.2. The second-order valence-corrected chi connectivity index (χ2v) is 9.18. The number of fused-ring (bicyclic) bond motifs is 1. The lowest BCUT2D eigenvalue weighted by atomic mass is 9.99. The minimum atomic E-state index is -0.937. The zero-order valence-electron chi connectivity index (χ0n) is 16.5. The fraction of sp³-hybridized carbons (Fsp3) is 0.318. The molecule has 0 amide bonds. The fourth-order valence-electron chi connectivity index (χ4n) is 4.27. The van der Waals surface area contributed by atoms with Crippen LogP contribution in [0, 0.1) is 23.7 Å². The summed E-state index contributed by atoms with van der Waals surface area (Å²) in [6.45, 7) is 4.89. The fourth-order valence-corrected chi connectivity index (χ4v) is 5.29. The van der Waals surface area contributed by atoms with Crippen molar-refractivity contribution < 1.29 is 13.2 Å². The third kappa shape index (κ3) is 3.01. The standard InChI is InChI=1S/C22H20F3N4S/c1-13-28(12-18(30-13)14-5-3-6-15(23)11-14)29-10-4-9-22(29,2)21-26-17-8-7-16(24)19(25)20(17)27-21/h3,5-8,11,13H,4,9-10H2,1-2H3,(H,26,27)/t13?,22-/m0/s1. The molecule has 1 saturated heterocycles.